The number of halogens is 3. The van der Waals surface area contributed by atoms with E-state index in [4.69, 9.17) is 10.8 Å². The first-order valence-corrected chi connectivity index (χ1v) is 12.5. The second-order valence-corrected chi connectivity index (χ2v) is 9.68. The Labute approximate surface area is 236 Å². The molecule has 2 aromatic carbocycles. The van der Waals surface area contributed by atoms with Crippen LogP contribution < -0.4 is 5.73 Å². The maximum absolute atomic E-state index is 13.9. The number of carbonyl (C=O) groups excluding carboxylic acids is 3. The van der Waals surface area contributed by atoms with Crippen molar-refractivity contribution in [3.05, 3.63) is 82.9 Å². The number of aliphatic carboxylic acids is 1. The first-order chi connectivity index (χ1) is 19.0. The third-order valence-electron chi connectivity index (χ3n) is 6.77. The van der Waals surface area contributed by atoms with E-state index < -0.39 is 29.5 Å². The molecule has 2 aliphatic heterocycles. The summed E-state index contributed by atoms with van der Waals surface area (Å²) in [6.45, 7) is 3.74. The van der Waals surface area contributed by atoms with Gasteiger partial charge in [-0.2, -0.15) is 0 Å². The van der Waals surface area contributed by atoms with Crippen molar-refractivity contribution in [3.63, 3.8) is 0 Å². The van der Waals surface area contributed by atoms with Gasteiger partial charge in [0.15, 0.2) is 11.6 Å². The van der Waals surface area contributed by atoms with E-state index in [0.29, 0.717) is 37.3 Å². The highest BCUT2D eigenvalue weighted by molar-refractivity contribution is 5.94. The maximum atomic E-state index is 13.9. The molecule has 0 aliphatic carbocycles. The molecule has 0 bridgehead atoms. The topological polar surface area (TPSA) is 130 Å². The van der Waals surface area contributed by atoms with Crippen LogP contribution in [-0.4, -0.2) is 70.9 Å². The van der Waals surface area contributed by atoms with Crippen molar-refractivity contribution in [1.82, 2.24) is 9.80 Å². The van der Waals surface area contributed by atoms with Crippen molar-refractivity contribution in [2.45, 2.75) is 45.7 Å². The Morgan fingerprint density at radius 2 is 1.83 bits per heavy atom. The second-order valence-electron chi connectivity index (χ2n) is 9.68. The molecule has 12 heteroatoms. The lowest BCUT2D eigenvalue weighted by Crippen LogP contribution is -2.43. The van der Waals surface area contributed by atoms with Gasteiger partial charge in [0.05, 0.1) is 12.1 Å². The number of hydrogen-bond donors (Lipinski definition) is 2. The van der Waals surface area contributed by atoms with Gasteiger partial charge in [0.2, 0.25) is 5.91 Å². The summed E-state index contributed by atoms with van der Waals surface area (Å²) in [6, 6.07) is 7.92. The average molecular weight is 578 g/mol. The number of carboxylic acid groups (broad SMARTS) is 1. The number of likely N-dealkylation sites (tertiary alicyclic amines) is 2. The van der Waals surface area contributed by atoms with Crippen molar-refractivity contribution in [1.29, 1.82) is 0 Å². The van der Waals surface area contributed by atoms with Crippen molar-refractivity contribution in [3.8, 4) is 0 Å². The predicted molar refractivity (Wildman–Crippen MR) is 144 cm³/mol. The molecule has 2 heterocycles. The van der Waals surface area contributed by atoms with Crippen LogP contribution in [-0.2, 0) is 25.5 Å². The molecule has 2 saturated heterocycles. The number of hydrogen-bond acceptors (Lipinski definition) is 6. The molecule has 2 aliphatic rings. The zero-order chi connectivity index (χ0) is 29.4. The summed E-state index contributed by atoms with van der Waals surface area (Å²) in [5.41, 5.74) is 7.63. The molecule has 4 rings (SSSR count). The molecule has 41 heavy (non-hydrogen) atoms. The largest absolute Gasteiger partial charge is 0.478 e. The number of carbonyl (C=O) groups is 4. The molecule has 0 spiro atoms. The predicted octanol–water partition coefficient (Wildman–Crippen LogP) is 3.44. The average Bonchev–Trinajstić information content (AvgIpc) is 3.48. The molecule has 0 unspecified atom stereocenters. The van der Waals surface area contributed by atoms with Crippen LogP contribution in [0.15, 0.2) is 48.7 Å². The molecule has 9 nitrogen and oxygen atoms in total. The first kappa shape index (κ1) is 33.0. The van der Waals surface area contributed by atoms with Crippen LogP contribution in [0.2, 0.25) is 0 Å². The van der Waals surface area contributed by atoms with E-state index in [2.05, 4.69) is 4.74 Å². The fourth-order valence-electron chi connectivity index (χ4n) is 4.94. The summed E-state index contributed by atoms with van der Waals surface area (Å²) in [6.07, 6.45) is 2.20. The van der Waals surface area contributed by atoms with Crippen LogP contribution in [0.25, 0.3) is 0 Å². The van der Waals surface area contributed by atoms with Crippen LogP contribution in [0.3, 0.4) is 0 Å². The number of ether oxygens (including phenoxy) is 1. The smallest absolute Gasteiger partial charge is 0.331 e. The fourth-order valence-corrected chi connectivity index (χ4v) is 4.94. The molecule has 0 aromatic heterocycles. The summed E-state index contributed by atoms with van der Waals surface area (Å²) in [5.74, 6) is -4.43. The third-order valence-corrected chi connectivity index (χ3v) is 6.77. The van der Waals surface area contributed by atoms with Crippen LogP contribution in [0.1, 0.15) is 41.8 Å². The molecule has 2 fully saturated rings. The Bertz CT molecular complexity index is 1290. The highest BCUT2D eigenvalue weighted by Crippen LogP contribution is 2.33. The Balaban J connectivity index is 0.000000574. The molecule has 2 amide bonds. The quantitative estimate of drug-likeness (QED) is 0.213. The van der Waals surface area contributed by atoms with Crippen LogP contribution >= 0.6 is 0 Å². The van der Waals surface area contributed by atoms with E-state index >= 15 is 0 Å². The van der Waals surface area contributed by atoms with Crippen LogP contribution in [0.5, 0.6) is 0 Å². The Morgan fingerprint density at radius 3 is 2.49 bits per heavy atom. The Hall–Kier alpha value is -4.19. The van der Waals surface area contributed by atoms with E-state index in [9.17, 15) is 32.3 Å². The summed E-state index contributed by atoms with van der Waals surface area (Å²) >= 11 is 0. The highest BCUT2D eigenvalue weighted by Gasteiger charge is 2.44. The lowest BCUT2D eigenvalue weighted by atomic mass is 10.0. The SMILES string of the molecule is C.Cc1cccc(C(=O)N2C[C@@H]3CCN(C(=O)C[C@H](N)Cc4cc(F)c(F)cc4F)[C@@H]3C2)c1.O=CO/C=C/C(=O)O. The fraction of sp³-hybridized carbons (Fsp3) is 0.379. The van der Waals surface area contributed by atoms with Crippen molar-refractivity contribution >= 4 is 24.3 Å². The van der Waals surface area contributed by atoms with E-state index in [1.54, 1.807) is 15.9 Å². The van der Waals surface area contributed by atoms with Gasteiger partial charge in [-0.05, 0) is 43.5 Å². The molecule has 222 valence electrons. The summed E-state index contributed by atoms with van der Waals surface area (Å²) < 4.78 is 44.3. The first-order valence-electron chi connectivity index (χ1n) is 12.5. The van der Waals surface area contributed by atoms with Gasteiger partial charge in [-0.1, -0.05) is 25.1 Å². The van der Waals surface area contributed by atoms with Gasteiger partial charge in [0.1, 0.15) is 12.1 Å². The number of benzene rings is 2. The molecular formula is C29H34F3N3O6. The number of carboxylic acids is 1. The summed E-state index contributed by atoms with van der Waals surface area (Å²) in [5, 5.41) is 7.86. The van der Waals surface area contributed by atoms with Gasteiger partial charge in [-0.25, -0.2) is 18.0 Å². The van der Waals surface area contributed by atoms with E-state index in [0.717, 1.165) is 24.3 Å². The maximum Gasteiger partial charge on any atom is 0.331 e. The minimum Gasteiger partial charge on any atom is -0.478 e. The number of nitrogens with zero attached hydrogens (tertiary/aromatic N) is 2. The number of aryl methyl sites for hydroxylation is 1. The van der Waals surface area contributed by atoms with Crippen molar-refractivity contribution < 1.29 is 42.2 Å². The van der Waals surface area contributed by atoms with E-state index in [1.165, 1.54) is 0 Å². The summed E-state index contributed by atoms with van der Waals surface area (Å²) in [4.78, 5) is 48.2. The van der Waals surface area contributed by atoms with Crippen LogP contribution in [0.4, 0.5) is 13.2 Å². The molecule has 0 saturated carbocycles. The molecule has 3 atom stereocenters. The van der Waals surface area contributed by atoms with Gasteiger partial charge < -0.3 is 25.4 Å². The van der Waals surface area contributed by atoms with E-state index in [-0.39, 0.29) is 56.1 Å². The van der Waals surface area contributed by atoms with Gasteiger partial charge >= 0.3 is 5.97 Å². The standard InChI is InChI=1S/C24H26F3N3O2.C4H4O4.CH4/c1-14-3-2-4-15(7-14)24(32)29-12-16-5-6-30(22(16)13-29)23(31)10-18(28)8-17-9-20(26)21(27)11-19(17)25;5-3-8-2-1-4(6)7;/h2-4,7,9,11,16,18,22H,5-6,8,10,12-13,28H2,1H3;1-3H,(H,6,7);1H4/b;2-1+;/t16-,18+,22+;;/m0../s1. The monoisotopic (exact) mass is 577 g/mol. The number of amides is 2. The zero-order valence-corrected chi connectivity index (χ0v) is 21.8. The number of nitrogens with two attached hydrogens (primary N) is 1. The molecule has 3 N–H and O–H groups in total. The van der Waals surface area contributed by atoms with Gasteiger partial charge in [0.25, 0.3) is 12.4 Å². The Morgan fingerprint density at radius 1 is 1.12 bits per heavy atom. The normalized spacial score (nSPS) is 18.2. The van der Waals surface area contributed by atoms with Gasteiger partial charge in [-0.15, -0.1) is 0 Å². The zero-order valence-electron chi connectivity index (χ0n) is 21.8. The van der Waals surface area contributed by atoms with Gasteiger partial charge in [0, 0.05) is 49.6 Å². The third kappa shape index (κ3) is 8.90. The number of fused-ring (bicyclic) bond motifs is 1. The van der Waals surface area contributed by atoms with Crippen molar-refractivity contribution in [2.75, 3.05) is 19.6 Å². The number of rotatable bonds is 8. The van der Waals surface area contributed by atoms with Crippen molar-refractivity contribution in [2.24, 2.45) is 11.7 Å². The minimum atomic E-state index is -1.26. The highest BCUT2D eigenvalue weighted by atomic mass is 19.2. The second kappa shape index (κ2) is 15.0. The van der Waals surface area contributed by atoms with Crippen LogP contribution in [0, 0.1) is 30.3 Å². The molecular weight excluding hydrogens is 543 g/mol. The molecule has 2 aromatic rings. The van der Waals surface area contributed by atoms with E-state index in [1.807, 2.05) is 25.1 Å². The lowest BCUT2D eigenvalue weighted by Gasteiger charge is -2.26. The van der Waals surface area contributed by atoms with Gasteiger partial charge in [-0.3, -0.25) is 14.4 Å². The Kier molecular flexibility index (Phi) is 12.1. The summed E-state index contributed by atoms with van der Waals surface area (Å²) in [7, 11) is 0. The molecule has 0 radical (unpaired) electrons. The lowest BCUT2D eigenvalue weighted by molar-refractivity contribution is -0.133. The minimum absolute atomic E-state index is 0.